The van der Waals surface area contributed by atoms with Gasteiger partial charge in [0.1, 0.15) is 11.2 Å². The van der Waals surface area contributed by atoms with Crippen LogP contribution in [0.5, 0.6) is 0 Å². The molecule has 1 aromatic rings. The first-order valence-electron chi connectivity index (χ1n) is 8.85. The topological polar surface area (TPSA) is 95.0 Å². The smallest absolute Gasteiger partial charge is 0.424 e. The van der Waals surface area contributed by atoms with E-state index in [1.807, 2.05) is 0 Å². The lowest BCUT2D eigenvalue weighted by Crippen LogP contribution is -2.44. The summed E-state index contributed by atoms with van der Waals surface area (Å²) in [6.07, 6.45) is -0.225. The van der Waals surface area contributed by atoms with E-state index in [0.29, 0.717) is 10.6 Å². The maximum absolute atomic E-state index is 12.8. The van der Waals surface area contributed by atoms with E-state index in [4.69, 9.17) is 25.8 Å². The van der Waals surface area contributed by atoms with Crippen LogP contribution in [0.15, 0.2) is 18.7 Å². The molecule has 8 nitrogen and oxygen atoms in total. The van der Waals surface area contributed by atoms with Crippen LogP contribution < -0.4 is 4.90 Å². The number of halogens is 1. The lowest BCUT2D eigenvalue weighted by Gasteiger charge is -2.29. The molecule has 9 heteroatoms. The molecule has 160 valence electrons. The normalized spacial score (nSPS) is 11.4. The molecule has 0 radical (unpaired) electrons. The molecular formula is C20H27ClN2O6. The van der Waals surface area contributed by atoms with Crippen LogP contribution in [0.3, 0.4) is 0 Å². The molecule has 1 aromatic heterocycles. The summed E-state index contributed by atoms with van der Waals surface area (Å²) < 4.78 is 15.4. The van der Waals surface area contributed by atoms with Crippen molar-refractivity contribution in [3.05, 3.63) is 35.1 Å². The number of rotatable bonds is 4. The molecule has 29 heavy (non-hydrogen) atoms. The largest absolute Gasteiger partial charge is 0.464 e. The second-order valence-electron chi connectivity index (χ2n) is 8.08. The Morgan fingerprint density at radius 3 is 1.97 bits per heavy atom. The van der Waals surface area contributed by atoms with Crippen molar-refractivity contribution in [1.29, 1.82) is 0 Å². The molecule has 0 N–H and O–H groups in total. The number of hydrogen-bond donors (Lipinski definition) is 0. The van der Waals surface area contributed by atoms with Gasteiger partial charge < -0.3 is 14.2 Å². The van der Waals surface area contributed by atoms with Gasteiger partial charge in [-0.2, -0.15) is 4.90 Å². The third kappa shape index (κ3) is 7.05. The number of ether oxygens (including phenoxy) is 3. The molecule has 0 unspecified atom stereocenters. The van der Waals surface area contributed by atoms with Gasteiger partial charge in [0.25, 0.3) is 0 Å². The zero-order valence-electron chi connectivity index (χ0n) is 17.8. The van der Waals surface area contributed by atoms with E-state index in [-0.39, 0.29) is 22.8 Å². The molecule has 0 saturated carbocycles. The Balaban J connectivity index is 3.67. The Morgan fingerprint density at radius 1 is 1.10 bits per heavy atom. The van der Waals surface area contributed by atoms with Crippen LogP contribution in [0, 0.1) is 0 Å². The Labute approximate surface area is 175 Å². The van der Waals surface area contributed by atoms with Gasteiger partial charge in [-0.05, 0) is 47.6 Å². The van der Waals surface area contributed by atoms with Crippen molar-refractivity contribution < 1.29 is 28.6 Å². The quantitative estimate of drug-likeness (QED) is 0.382. The van der Waals surface area contributed by atoms with Crippen molar-refractivity contribution in [3.8, 4) is 0 Å². The number of allylic oxidation sites excluding steroid dienone is 1. The summed E-state index contributed by atoms with van der Waals surface area (Å²) in [4.78, 5) is 42.6. The van der Waals surface area contributed by atoms with Crippen molar-refractivity contribution in [2.24, 2.45) is 0 Å². The number of imide groups is 1. The first-order valence-corrected chi connectivity index (χ1v) is 9.22. The summed E-state index contributed by atoms with van der Waals surface area (Å²) in [6.45, 7) is 13.5. The van der Waals surface area contributed by atoms with Gasteiger partial charge in [-0.25, -0.2) is 19.4 Å². The van der Waals surface area contributed by atoms with Gasteiger partial charge in [-0.3, -0.25) is 0 Å². The van der Waals surface area contributed by atoms with Gasteiger partial charge in [0.15, 0.2) is 5.69 Å². The summed E-state index contributed by atoms with van der Waals surface area (Å²) in [7, 11) is 1.17. The summed E-state index contributed by atoms with van der Waals surface area (Å²) in [6, 6.07) is 1.39. The van der Waals surface area contributed by atoms with Crippen LogP contribution in [-0.2, 0) is 20.6 Å². The van der Waals surface area contributed by atoms with Gasteiger partial charge >= 0.3 is 18.2 Å². The van der Waals surface area contributed by atoms with Crippen LogP contribution in [0.1, 0.15) is 57.7 Å². The van der Waals surface area contributed by atoms with E-state index in [1.165, 1.54) is 13.2 Å². The molecule has 2 amide bonds. The number of aromatic nitrogens is 1. The van der Waals surface area contributed by atoms with Gasteiger partial charge in [0, 0.05) is 12.1 Å². The van der Waals surface area contributed by atoms with E-state index in [1.54, 1.807) is 47.6 Å². The molecule has 0 spiro atoms. The van der Waals surface area contributed by atoms with Gasteiger partial charge in [-0.1, -0.05) is 17.7 Å². The second-order valence-corrected chi connectivity index (χ2v) is 8.45. The molecule has 0 bridgehead atoms. The fourth-order valence-electron chi connectivity index (χ4n) is 2.10. The lowest BCUT2D eigenvalue weighted by atomic mass is 10.2. The van der Waals surface area contributed by atoms with Crippen LogP contribution in [-0.4, -0.2) is 41.5 Å². The molecule has 0 aliphatic rings. The van der Waals surface area contributed by atoms with E-state index < -0.39 is 29.4 Å². The van der Waals surface area contributed by atoms with E-state index >= 15 is 0 Å². The minimum absolute atomic E-state index is 0.109. The number of hydrogen-bond acceptors (Lipinski definition) is 7. The summed E-state index contributed by atoms with van der Waals surface area (Å²) >= 11 is 6.33. The van der Waals surface area contributed by atoms with Gasteiger partial charge in [-0.15, -0.1) is 6.58 Å². The van der Waals surface area contributed by atoms with E-state index in [9.17, 15) is 14.4 Å². The minimum atomic E-state index is -1.01. The number of anilines is 1. The Bertz CT molecular complexity index is 780. The van der Waals surface area contributed by atoms with Gasteiger partial charge in [0.05, 0.1) is 17.8 Å². The molecule has 0 saturated heterocycles. The number of carbonyl (C=O) groups is 3. The standard InChI is InChI=1S/C20H27ClN2O6/c1-9-10-12-11-13(14(21)15(22-12)16(24)27-8)23(17(25)28-19(2,3)4)18(26)29-20(5,6)7/h9,11H,1,10H2,2-8H3. The molecule has 0 aromatic carbocycles. The van der Waals surface area contributed by atoms with Crippen LogP contribution >= 0.6 is 11.6 Å². The molecule has 0 aliphatic carbocycles. The molecule has 1 heterocycles. The summed E-state index contributed by atoms with van der Waals surface area (Å²) in [5, 5.41) is -0.249. The van der Waals surface area contributed by atoms with Crippen molar-refractivity contribution in [2.75, 3.05) is 12.0 Å². The van der Waals surface area contributed by atoms with Crippen molar-refractivity contribution in [1.82, 2.24) is 4.98 Å². The second kappa shape index (κ2) is 9.26. The molecule has 0 atom stereocenters. The number of carbonyl (C=O) groups excluding carboxylic acids is 3. The lowest BCUT2D eigenvalue weighted by molar-refractivity contribution is 0.0428. The van der Waals surface area contributed by atoms with Crippen molar-refractivity contribution in [2.45, 2.75) is 59.2 Å². The third-order valence-electron chi connectivity index (χ3n) is 3.12. The highest BCUT2D eigenvalue weighted by Crippen LogP contribution is 2.32. The maximum atomic E-state index is 12.8. The SMILES string of the molecule is C=CCc1cc(N(C(=O)OC(C)(C)C)C(=O)OC(C)(C)C)c(Cl)c(C(=O)OC)n1. The fourth-order valence-corrected chi connectivity index (χ4v) is 2.36. The number of nitrogens with zero attached hydrogens (tertiary/aromatic N) is 2. The fraction of sp³-hybridized carbons (Fsp3) is 0.500. The van der Waals surface area contributed by atoms with Crippen molar-refractivity contribution >= 4 is 35.4 Å². The molecule has 0 aliphatic heterocycles. The first kappa shape index (κ1) is 24.4. The average molecular weight is 427 g/mol. The van der Waals surface area contributed by atoms with E-state index in [2.05, 4.69) is 11.6 Å². The Hall–Kier alpha value is -2.61. The Morgan fingerprint density at radius 2 is 1.59 bits per heavy atom. The molecule has 1 rings (SSSR count). The van der Waals surface area contributed by atoms with Crippen LogP contribution in [0.2, 0.25) is 5.02 Å². The van der Waals surface area contributed by atoms with E-state index in [0.717, 1.165) is 0 Å². The zero-order valence-corrected chi connectivity index (χ0v) is 18.5. The highest BCUT2D eigenvalue weighted by molar-refractivity contribution is 6.37. The zero-order chi connectivity index (χ0) is 22.6. The molecular weight excluding hydrogens is 400 g/mol. The highest BCUT2D eigenvalue weighted by atomic mass is 35.5. The first-order chi connectivity index (χ1) is 13.2. The number of pyridine rings is 1. The summed E-state index contributed by atoms with van der Waals surface area (Å²) in [5.74, 6) is -0.824. The number of amides is 2. The predicted octanol–water partition coefficient (Wildman–Crippen LogP) is 4.93. The van der Waals surface area contributed by atoms with Gasteiger partial charge in [0.2, 0.25) is 0 Å². The average Bonchev–Trinajstić information content (AvgIpc) is 2.53. The monoisotopic (exact) mass is 426 g/mol. The highest BCUT2D eigenvalue weighted by Gasteiger charge is 2.35. The van der Waals surface area contributed by atoms with Crippen molar-refractivity contribution in [3.63, 3.8) is 0 Å². The molecule has 0 fully saturated rings. The summed E-state index contributed by atoms with van der Waals surface area (Å²) in [5.41, 5.74) is -1.81. The maximum Gasteiger partial charge on any atom is 0.424 e. The number of esters is 1. The van der Waals surface area contributed by atoms with Crippen LogP contribution in [0.4, 0.5) is 15.3 Å². The minimum Gasteiger partial charge on any atom is -0.464 e. The number of methoxy groups -OCH3 is 1. The van der Waals surface area contributed by atoms with Crippen LogP contribution in [0.25, 0.3) is 0 Å². The predicted molar refractivity (Wildman–Crippen MR) is 109 cm³/mol. The Kier molecular flexibility index (Phi) is 7.80. The third-order valence-corrected chi connectivity index (χ3v) is 3.49.